The second-order valence-corrected chi connectivity index (χ2v) is 7.57. The molecule has 5 rings (SSSR count). The normalized spacial score (nSPS) is 11.8. The van der Waals surface area contributed by atoms with E-state index in [2.05, 4.69) is 4.98 Å². The van der Waals surface area contributed by atoms with Crippen molar-refractivity contribution in [3.63, 3.8) is 0 Å². The summed E-state index contributed by atoms with van der Waals surface area (Å²) in [4.78, 5) is 4.52. The Labute approximate surface area is 182 Å². The number of hydrogen-bond donors (Lipinski definition) is 0. The number of ether oxygens (including phenoxy) is 1. The summed E-state index contributed by atoms with van der Waals surface area (Å²) in [5.74, 6) is 1.27. The average molecular weight is 432 g/mol. The first kappa shape index (κ1) is 20.1. The number of nitrogens with zero attached hydrogens (tertiary/aromatic N) is 2. The first-order valence-electron chi connectivity index (χ1n) is 10.2. The van der Waals surface area contributed by atoms with Gasteiger partial charge in [0, 0.05) is 11.9 Å². The topological polar surface area (TPSA) is 27.1 Å². The summed E-state index contributed by atoms with van der Waals surface area (Å²) in [6.07, 6.45) is -4.42. The van der Waals surface area contributed by atoms with Crippen LogP contribution < -0.4 is 4.74 Å². The van der Waals surface area contributed by atoms with Crippen molar-refractivity contribution < 1.29 is 17.9 Å². The van der Waals surface area contributed by atoms with Crippen molar-refractivity contribution in [2.45, 2.75) is 19.3 Å². The Bertz CT molecular complexity index is 1390. The third-order valence-electron chi connectivity index (χ3n) is 5.44. The predicted molar refractivity (Wildman–Crippen MR) is 119 cm³/mol. The fraction of sp³-hybridized carbons (Fsp3) is 0.115. The van der Waals surface area contributed by atoms with Crippen LogP contribution in [0.25, 0.3) is 21.8 Å². The Morgan fingerprint density at radius 2 is 1.56 bits per heavy atom. The van der Waals surface area contributed by atoms with Crippen molar-refractivity contribution >= 4 is 21.8 Å². The van der Waals surface area contributed by atoms with Crippen LogP contribution in [-0.2, 0) is 19.3 Å². The molecule has 32 heavy (non-hydrogen) atoms. The van der Waals surface area contributed by atoms with Crippen LogP contribution in [0.3, 0.4) is 0 Å². The van der Waals surface area contributed by atoms with E-state index >= 15 is 0 Å². The molecule has 5 aromatic rings. The first-order valence-corrected chi connectivity index (χ1v) is 10.2. The van der Waals surface area contributed by atoms with Gasteiger partial charge in [-0.3, -0.25) is 0 Å². The van der Waals surface area contributed by atoms with Crippen molar-refractivity contribution in [2.75, 3.05) is 0 Å². The maximum atomic E-state index is 13.2. The molecule has 0 aliphatic heterocycles. The van der Waals surface area contributed by atoms with Crippen LogP contribution in [0.15, 0.2) is 91.0 Å². The lowest BCUT2D eigenvalue weighted by atomic mass is 10.1. The number of fused-ring (bicyclic) bond motifs is 2. The van der Waals surface area contributed by atoms with Gasteiger partial charge in [-0.1, -0.05) is 66.7 Å². The van der Waals surface area contributed by atoms with Crippen molar-refractivity contribution in [1.29, 1.82) is 0 Å². The monoisotopic (exact) mass is 432 g/mol. The standard InChI is InChI=1S/C26H19F3N2O/c27-26(28,29)20-13-14-23-22(15-20)30-25(31(23)16-18-7-2-1-3-8-18)17-32-24-12-6-10-19-9-4-5-11-21(19)24/h1-15H,16-17H2. The molecule has 160 valence electrons. The van der Waals surface area contributed by atoms with Gasteiger partial charge in [-0.2, -0.15) is 13.2 Å². The van der Waals surface area contributed by atoms with Crippen LogP contribution in [0.5, 0.6) is 5.75 Å². The number of halogens is 3. The highest BCUT2D eigenvalue weighted by Gasteiger charge is 2.31. The summed E-state index contributed by atoms with van der Waals surface area (Å²) in [5.41, 5.74) is 1.25. The lowest BCUT2D eigenvalue weighted by Gasteiger charge is -2.12. The SMILES string of the molecule is FC(F)(F)c1ccc2c(c1)nc(COc1cccc3ccccc13)n2Cc1ccccc1. The van der Waals surface area contributed by atoms with Gasteiger partial charge in [0.2, 0.25) is 0 Å². The van der Waals surface area contributed by atoms with Crippen molar-refractivity contribution in [3.8, 4) is 5.75 Å². The zero-order valence-corrected chi connectivity index (χ0v) is 17.0. The molecule has 0 saturated carbocycles. The summed E-state index contributed by atoms with van der Waals surface area (Å²) in [6.45, 7) is 0.619. The number of rotatable bonds is 5. The first-order chi connectivity index (χ1) is 15.5. The molecule has 0 atom stereocenters. The van der Waals surface area contributed by atoms with Gasteiger partial charge in [0.15, 0.2) is 0 Å². The van der Waals surface area contributed by atoms with Crippen LogP contribution in [-0.4, -0.2) is 9.55 Å². The van der Waals surface area contributed by atoms with Crippen LogP contribution in [0.4, 0.5) is 13.2 Å². The third-order valence-corrected chi connectivity index (χ3v) is 5.44. The molecule has 0 aliphatic rings. The molecule has 0 amide bonds. The average Bonchev–Trinajstić information content (AvgIpc) is 3.14. The van der Waals surface area contributed by atoms with Gasteiger partial charge >= 0.3 is 6.18 Å². The number of benzene rings is 4. The van der Waals surface area contributed by atoms with Crippen LogP contribution >= 0.6 is 0 Å². The lowest BCUT2D eigenvalue weighted by molar-refractivity contribution is -0.137. The minimum absolute atomic E-state index is 0.136. The largest absolute Gasteiger partial charge is 0.485 e. The van der Waals surface area contributed by atoms with E-state index in [1.165, 1.54) is 6.07 Å². The molecular formula is C26H19F3N2O. The Balaban J connectivity index is 1.54. The van der Waals surface area contributed by atoms with E-state index in [4.69, 9.17) is 4.74 Å². The Morgan fingerprint density at radius 1 is 0.812 bits per heavy atom. The number of aromatic nitrogens is 2. The Hall–Kier alpha value is -3.80. The second kappa shape index (κ2) is 8.04. The highest BCUT2D eigenvalue weighted by Crippen LogP contribution is 2.32. The van der Waals surface area contributed by atoms with Crippen molar-refractivity contribution in [2.24, 2.45) is 0 Å². The zero-order chi connectivity index (χ0) is 22.1. The molecule has 3 nitrogen and oxygen atoms in total. The van der Waals surface area contributed by atoms with Crippen LogP contribution in [0.1, 0.15) is 17.0 Å². The van der Waals surface area contributed by atoms with Crippen LogP contribution in [0.2, 0.25) is 0 Å². The molecule has 6 heteroatoms. The Morgan fingerprint density at radius 3 is 2.38 bits per heavy atom. The number of hydrogen-bond acceptors (Lipinski definition) is 2. The molecular weight excluding hydrogens is 413 g/mol. The van der Waals surface area contributed by atoms with E-state index in [1.54, 1.807) is 0 Å². The molecule has 0 bridgehead atoms. The van der Waals surface area contributed by atoms with Gasteiger partial charge in [-0.05, 0) is 35.2 Å². The molecule has 1 heterocycles. The van der Waals surface area contributed by atoms with Crippen LogP contribution in [0, 0.1) is 0 Å². The maximum Gasteiger partial charge on any atom is 0.416 e. The molecule has 0 N–H and O–H groups in total. The molecule has 0 aliphatic carbocycles. The van der Waals surface area contributed by atoms with E-state index in [1.807, 2.05) is 77.4 Å². The summed E-state index contributed by atoms with van der Waals surface area (Å²) in [6, 6.07) is 27.1. The fourth-order valence-corrected chi connectivity index (χ4v) is 3.87. The van der Waals surface area contributed by atoms with Crippen molar-refractivity contribution in [1.82, 2.24) is 9.55 Å². The highest BCUT2D eigenvalue weighted by atomic mass is 19.4. The number of imidazole rings is 1. The minimum atomic E-state index is -4.42. The predicted octanol–water partition coefficient (Wildman–Crippen LogP) is 6.84. The molecule has 1 aromatic heterocycles. The summed E-state index contributed by atoms with van der Waals surface area (Å²) >= 11 is 0. The molecule has 0 radical (unpaired) electrons. The third kappa shape index (κ3) is 3.91. The van der Waals surface area contributed by atoms with Gasteiger partial charge in [0.05, 0.1) is 16.6 Å². The van der Waals surface area contributed by atoms with E-state index in [-0.39, 0.29) is 6.61 Å². The lowest BCUT2D eigenvalue weighted by Crippen LogP contribution is -2.08. The van der Waals surface area contributed by atoms with Gasteiger partial charge in [0.25, 0.3) is 0 Å². The molecule has 0 spiro atoms. The Kier molecular flexibility index (Phi) is 5.05. The smallest absolute Gasteiger partial charge is 0.416 e. The molecule has 0 saturated heterocycles. The molecule has 0 fully saturated rings. The van der Waals surface area contributed by atoms with E-state index in [0.29, 0.717) is 29.2 Å². The second-order valence-electron chi connectivity index (χ2n) is 7.57. The summed E-state index contributed by atoms with van der Waals surface area (Å²) in [5, 5.41) is 2.03. The van der Waals surface area contributed by atoms with E-state index in [0.717, 1.165) is 28.5 Å². The maximum absolute atomic E-state index is 13.2. The number of alkyl halides is 3. The fourth-order valence-electron chi connectivity index (χ4n) is 3.87. The quantitative estimate of drug-likeness (QED) is 0.304. The van der Waals surface area contributed by atoms with E-state index < -0.39 is 11.7 Å². The van der Waals surface area contributed by atoms with Crippen molar-refractivity contribution in [3.05, 3.63) is 108 Å². The molecule has 4 aromatic carbocycles. The summed E-state index contributed by atoms with van der Waals surface area (Å²) in [7, 11) is 0. The zero-order valence-electron chi connectivity index (χ0n) is 17.0. The van der Waals surface area contributed by atoms with Gasteiger partial charge in [-0.25, -0.2) is 4.98 Å². The van der Waals surface area contributed by atoms with Gasteiger partial charge in [0.1, 0.15) is 18.2 Å². The highest BCUT2D eigenvalue weighted by molar-refractivity contribution is 5.88. The minimum Gasteiger partial charge on any atom is -0.485 e. The van der Waals surface area contributed by atoms with Gasteiger partial charge < -0.3 is 9.30 Å². The summed E-state index contributed by atoms with van der Waals surface area (Å²) < 4.78 is 47.7. The molecule has 0 unspecified atom stereocenters. The van der Waals surface area contributed by atoms with Gasteiger partial charge in [-0.15, -0.1) is 0 Å². The van der Waals surface area contributed by atoms with E-state index in [9.17, 15) is 13.2 Å².